The van der Waals surface area contributed by atoms with E-state index in [-0.39, 0.29) is 12.5 Å². The molecule has 1 fully saturated rings. The molecule has 1 unspecified atom stereocenters. The number of hydrogen-bond acceptors (Lipinski definition) is 4. The predicted octanol–water partition coefficient (Wildman–Crippen LogP) is 1.79. The molecule has 5 heteroatoms. The molecule has 0 aromatic heterocycles. The Morgan fingerprint density at radius 1 is 1.35 bits per heavy atom. The third-order valence-electron chi connectivity index (χ3n) is 3.34. The molecule has 110 valence electrons. The zero-order valence-electron chi connectivity index (χ0n) is 11.9. The van der Waals surface area contributed by atoms with Crippen molar-refractivity contribution < 1.29 is 14.3 Å². The fourth-order valence-electron chi connectivity index (χ4n) is 2.23. The third kappa shape index (κ3) is 4.83. The molecule has 2 N–H and O–H groups in total. The lowest BCUT2D eigenvalue weighted by molar-refractivity contribution is -0.120. The number of amides is 1. The number of methoxy groups -OCH3 is 1. The van der Waals surface area contributed by atoms with Gasteiger partial charge < -0.3 is 20.1 Å². The molecule has 1 aliphatic heterocycles. The SMILES string of the molecule is COc1ccc(NC(=O)COCC2CCCCN2)cc1. The molecule has 1 aromatic carbocycles. The first kappa shape index (κ1) is 14.8. The van der Waals surface area contributed by atoms with Crippen LogP contribution in [0.25, 0.3) is 0 Å². The van der Waals surface area contributed by atoms with E-state index in [2.05, 4.69) is 10.6 Å². The molecule has 20 heavy (non-hydrogen) atoms. The van der Waals surface area contributed by atoms with Crippen LogP contribution in [-0.4, -0.2) is 38.8 Å². The molecular weight excluding hydrogens is 256 g/mol. The Balaban J connectivity index is 1.66. The van der Waals surface area contributed by atoms with E-state index < -0.39 is 0 Å². The largest absolute Gasteiger partial charge is 0.497 e. The molecule has 0 aliphatic carbocycles. The van der Waals surface area contributed by atoms with Crippen molar-refractivity contribution >= 4 is 11.6 Å². The average molecular weight is 278 g/mol. The standard InChI is InChI=1S/C15H22N2O3/c1-19-14-7-5-12(6-8-14)17-15(18)11-20-10-13-4-2-3-9-16-13/h5-8,13,16H,2-4,9-11H2,1H3,(H,17,18). The van der Waals surface area contributed by atoms with E-state index in [9.17, 15) is 4.79 Å². The molecule has 0 saturated carbocycles. The van der Waals surface area contributed by atoms with Crippen LogP contribution < -0.4 is 15.4 Å². The fourth-order valence-corrected chi connectivity index (χ4v) is 2.23. The average Bonchev–Trinajstić information content (AvgIpc) is 2.49. The van der Waals surface area contributed by atoms with Crippen LogP contribution in [-0.2, 0) is 9.53 Å². The van der Waals surface area contributed by atoms with Gasteiger partial charge in [-0.2, -0.15) is 0 Å². The quantitative estimate of drug-likeness (QED) is 0.833. The van der Waals surface area contributed by atoms with Crippen molar-refractivity contribution in [3.63, 3.8) is 0 Å². The topological polar surface area (TPSA) is 59.6 Å². The van der Waals surface area contributed by atoms with Gasteiger partial charge in [-0.1, -0.05) is 6.42 Å². The molecule has 1 heterocycles. The minimum atomic E-state index is -0.133. The normalized spacial score (nSPS) is 18.6. The van der Waals surface area contributed by atoms with Crippen LogP contribution in [0.3, 0.4) is 0 Å². The molecule has 1 atom stereocenters. The molecule has 1 aromatic rings. The zero-order chi connectivity index (χ0) is 14.2. The van der Waals surface area contributed by atoms with Crippen molar-refractivity contribution in [2.24, 2.45) is 0 Å². The summed E-state index contributed by atoms with van der Waals surface area (Å²) in [6.45, 7) is 1.73. The van der Waals surface area contributed by atoms with Crippen molar-refractivity contribution in [1.82, 2.24) is 5.32 Å². The highest BCUT2D eigenvalue weighted by Crippen LogP contribution is 2.14. The third-order valence-corrected chi connectivity index (χ3v) is 3.34. The highest BCUT2D eigenvalue weighted by molar-refractivity contribution is 5.91. The molecule has 0 radical (unpaired) electrons. The van der Waals surface area contributed by atoms with Crippen LogP contribution in [0.5, 0.6) is 5.75 Å². The van der Waals surface area contributed by atoms with Crippen molar-refractivity contribution in [3.8, 4) is 5.75 Å². The molecule has 5 nitrogen and oxygen atoms in total. The molecule has 0 bridgehead atoms. The Labute approximate surface area is 119 Å². The van der Waals surface area contributed by atoms with Crippen molar-refractivity contribution in [3.05, 3.63) is 24.3 Å². The summed E-state index contributed by atoms with van der Waals surface area (Å²) in [6, 6.07) is 7.61. The Morgan fingerprint density at radius 3 is 2.80 bits per heavy atom. The highest BCUT2D eigenvalue weighted by Gasteiger charge is 2.13. The van der Waals surface area contributed by atoms with E-state index in [0.717, 1.165) is 24.4 Å². The molecule has 1 aliphatic rings. The van der Waals surface area contributed by atoms with Gasteiger partial charge >= 0.3 is 0 Å². The minimum absolute atomic E-state index is 0.0875. The lowest BCUT2D eigenvalue weighted by Crippen LogP contribution is -2.38. The van der Waals surface area contributed by atoms with Crippen molar-refractivity contribution in [2.75, 3.05) is 32.2 Å². The summed E-state index contributed by atoms with van der Waals surface area (Å²) < 4.78 is 10.5. The summed E-state index contributed by atoms with van der Waals surface area (Å²) in [5.74, 6) is 0.633. The predicted molar refractivity (Wildman–Crippen MR) is 78.1 cm³/mol. The van der Waals surface area contributed by atoms with Crippen molar-refractivity contribution in [2.45, 2.75) is 25.3 Å². The lowest BCUT2D eigenvalue weighted by atomic mass is 10.1. The van der Waals surface area contributed by atoms with E-state index in [1.165, 1.54) is 12.8 Å². The molecule has 2 rings (SSSR count). The van der Waals surface area contributed by atoms with E-state index in [4.69, 9.17) is 9.47 Å². The van der Waals surface area contributed by atoms with E-state index in [0.29, 0.717) is 12.6 Å². The van der Waals surface area contributed by atoms with Gasteiger partial charge in [-0.15, -0.1) is 0 Å². The Kier molecular flexibility index (Phi) is 5.83. The summed E-state index contributed by atoms with van der Waals surface area (Å²) >= 11 is 0. The number of piperidine rings is 1. The highest BCUT2D eigenvalue weighted by atomic mass is 16.5. The fraction of sp³-hybridized carbons (Fsp3) is 0.533. The van der Waals surface area contributed by atoms with Gasteiger partial charge in [0.15, 0.2) is 0 Å². The summed E-state index contributed by atoms with van der Waals surface area (Å²) in [5.41, 5.74) is 0.746. The smallest absolute Gasteiger partial charge is 0.250 e. The maximum Gasteiger partial charge on any atom is 0.250 e. The van der Waals surface area contributed by atoms with E-state index in [1.54, 1.807) is 19.2 Å². The lowest BCUT2D eigenvalue weighted by Gasteiger charge is -2.23. The number of benzene rings is 1. The van der Waals surface area contributed by atoms with Gasteiger partial charge in [-0.3, -0.25) is 4.79 Å². The summed E-state index contributed by atoms with van der Waals surface area (Å²) in [5, 5.41) is 6.18. The van der Waals surface area contributed by atoms with Gasteiger partial charge in [0.1, 0.15) is 12.4 Å². The van der Waals surface area contributed by atoms with Gasteiger partial charge in [0.25, 0.3) is 0 Å². The van der Waals surface area contributed by atoms with Crippen LogP contribution in [0.1, 0.15) is 19.3 Å². The van der Waals surface area contributed by atoms with Gasteiger partial charge in [0.2, 0.25) is 5.91 Å². The summed E-state index contributed by atoms with van der Waals surface area (Å²) in [7, 11) is 1.61. The van der Waals surface area contributed by atoms with Gasteiger partial charge in [-0.25, -0.2) is 0 Å². The van der Waals surface area contributed by atoms with Gasteiger partial charge in [0.05, 0.1) is 13.7 Å². The van der Waals surface area contributed by atoms with E-state index in [1.807, 2.05) is 12.1 Å². The monoisotopic (exact) mass is 278 g/mol. The minimum Gasteiger partial charge on any atom is -0.497 e. The van der Waals surface area contributed by atoms with Crippen LogP contribution in [0.15, 0.2) is 24.3 Å². The van der Waals surface area contributed by atoms with Crippen LogP contribution >= 0.6 is 0 Å². The maximum absolute atomic E-state index is 11.7. The van der Waals surface area contributed by atoms with Crippen LogP contribution in [0.4, 0.5) is 5.69 Å². The molecular formula is C15H22N2O3. The first-order valence-corrected chi connectivity index (χ1v) is 7.03. The number of nitrogens with one attached hydrogen (secondary N) is 2. The van der Waals surface area contributed by atoms with E-state index >= 15 is 0 Å². The Bertz CT molecular complexity index is 414. The molecule has 1 saturated heterocycles. The summed E-state index contributed by atoms with van der Waals surface area (Å²) in [6.07, 6.45) is 3.59. The number of hydrogen-bond donors (Lipinski definition) is 2. The summed E-state index contributed by atoms with van der Waals surface area (Å²) in [4.78, 5) is 11.7. The van der Waals surface area contributed by atoms with Gasteiger partial charge in [-0.05, 0) is 43.7 Å². The van der Waals surface area contributed by atoms with Crippen molar-refractivity contribution in [1.29, 1.82) is 0 Å². The second kappa shape index (κ2) is 7.87. The molecule has 0 spiro atoms. The Morgan fingerprint density at radius 2 is 2.15 bits per heavy atom. The number of rotatable bonds is 6. The Hall–Kier alpha value is -1.59. The number of anilines is 1. The number of ether oxygens (including phenoxy) is 2. The second-order valence-corrected chi connectivity index (χ2v) is 4.94. The first-order valence-electron chi connectivity index (χ1n) is 7.03. The zero-order valence-corrected chi connectivity index (χ0v) is 11.9. The first-order chi connectivity index (χ1) is 9.78. The maximum atomic E-state index is 11.7. The number of carbonyl (C=O) groups excluding carboxylic acids is 1. The van der Waals surface area contributed by atoms with Crippen LogP contribution in [0, 0.1) is 0 Å². The van der Waals surface area contributed by atoms with Gasteiger partial charge in [0, 0.05) is 11.7 Å². The van der Waals surface area contributed by atoms with Crippen LogP contribution in [0.2, 0.25) is 0 Å². The second-order valence-electron chi connectivity index (χ2n) is 4.94. The molecule has 1 amide bonds. The number of carbonyl (C=O) groups is 1.